The first kappa shape index (κ1) is 19.8. The van der Waals surface area contributed by atoms with Crippen molar-refractivity contribution in [3.05, 3.63) is 39.4 Å². The van der Waals surface area contributed by atoms with Crippen LogP contribution in [-0.4, -0.2) is 18.5 Å². The molecule has 0 amide bonds. The van der Waals surface area contributed by atoms with Gasteiger partial charge in [0.1, 0.15) is 6.61 Å². The number of halogens is 3. The first-order chi connectivity index (χ1) is 10.9. The highest BCUT2D eigenvalue weighted by Crippen LogP contribution is 2.36. The lowest BCUT2D eigenvalue weighted by molar-refractivity contribution is -0.145. The lowest BCUT2D eigenvalue weighted by Crippen LogP contribution is -2.12. The maximum absolute atomic E-state index is 11.7. The molecule has 0 fully saturated rings. The van der Waals surface area contributed by atoms with Crippen LogP contribution >= 0.6 is 34.8 Å². The molecule has 7 heteroatoms. The molecule has 0 bridgehead atoms. The first-order valence-electron chi connectivity index (χ1n) is 7.09. The minimum atomic E-state index is -0.630. The quantitative estimate of drug-likeness (QED) is 0.352. The van der Waals surface area contributed by atoms with E-state index in [1.165, 1.54) is 12.1 Å². The van der Waals surface area contributed by atoms with Crippen molar-refractivity contribution in [3.8, 4) is 5.75 Å². The Balaban J connectivity index is 2.39. The summed E-state index contributed by atoms with van der Waals surface area (Å²) in [5, 5.41) is 0.582. The number of hydrogen-bond donors (Lipinski definition) is 0. The van der Waals surface area contributed by atoms with Gasteiger partial charge in [-0.3, -0.25) is 9.59 Å². The molecule has 4 nitrogen and oxygen atoms in total. The Morgan fingerprint density at radius 2 is 1.65 bits per heavy atom. The second kappa shape index (κ2) is 10.5. The zero-order valence-electron chi connectivity index (χ0n) is 12.6. The first-order valence-corrected chi connectivity index (χ1v) is 8.23. The highest BCUT2D eigenvalue weighted by molar-refractivity contribution is 6.40. The molecule has 0 aliphatic rings. The molecule has 0 radical (unpaired) electrons. The van der Waals surface area contributed by atoms with E-state index in [0.29, 0.717) is 5.02 Å². The third kappa shape index (κ3) is 7.73. The number of carbonyl (C=O) groups is 2. The number of unbranched alkanes of at least 4 members (excludes halogenated alkanes) is 1. The fourth-order valence-corrected chi connectivity index (χ4v) is 2.46. The number of allylic oxidation sites excluding steroid dienone is 1. The largest absolute Gasteiger partial charge is 0.461 e. The highest BCUT2D eigenvalue weighted by atomic mass is 35.5. The van der Waals surface area contributed by atoms with Crippen LogP contribution in [0.4, 0.5) is 0 Å². The van der Waals surface area contributed by atoms with Crippen molar-refractivity contribution in [2.75, 3.05) is 6.61 Å². The van der Waals surface area contributed by atoms with Crippen LogP contribution in [0.5, 0.6) is 5.75 Å². The van der Waals surface area contributed by atoms with Crippen molar-refractivity contribution in [1.29, 1.82) is 0 Å². The van der Waals surface area contributed by atoms with E-state index in [4.69, 9.17) is 44.3 Å². The van der Waals surface area contributed by atoms with E-state index in [1.54, 1.807) is 6.08 Å². The molecular formula is C16H17Cl3O4. The zero-order valence-corrected chi connectivity index (χ0v) is 14.9. The maximum Gasteiger partial charge on any atom is 0.311 e. The summed E-state index contributed by atoms with van der Waals surface area (Å²) in [6.45, 7) is 2.25. The summed E-state index contributed by atoms with van der Waals surface area (Å²) in [5.74, 6) is -1.08. The molecule has 1 rings (SSSR count). The number of ether oxygens (including phenoxy) is 2. The van der Waals surface area contributed by atoms with Crippen LogP contribution in [0, 0.1) is 0 Å². The van der Waals surface area contributed by atoms with Gasteiger partial charge in [0.25, 0.3) is 0 Å². The highest BCUT2D eigenvalue weighted by Gasteiger charge is 2.15. The fraction of sp³-hybridized carbons (Fsp3) is 0.375. The lowest BCUT2D eigenvalue weighted by Gasteiger charge is -2.08. The number of esters is 2. The van der Waals surface area contributed by atoms with Gasteiger partial charge >= 0.3 is 11.9 Å². The third-order valence-electron chi connectivity index (χ3n) is 2.67. The summed E-state index contributed by atoms with van der Waals surface area (Å²) < 4.78 is 10.0. The van der Waals surface area contributed by atoms with E-state index in [-0.39, 0.29) is 35.2 Å². The molecule has 1 aromatic carbocycles. The molecule has 0 spiro atoms. The molecule has 0 aliphatic carbocycles. The van der Waals surface area contributed by atoms with Gasteiger partial charge in [-0.2, -0.15) is 0 Å². The van der Waals surface area contributed by atoms with E-state index in [0.717, 1.165) is 12.8 Å². The fourth-order valence-electron chi connectivity index (χ4n) is 1.56. The topological polar surface area (TPSA) is 52.6 Å². The number of benzene rings is 1. The van der Waals surface area contributed by atoms with Gasteiger partial charge in [-0.05, 0) is 18.6 Å². The van der Waals surface area contributed by atoms with Crippen LogP contribution in [0.15, 0.2) is 24.3 Å². The minimum Gasteiger partial charge on any atom is -0.461 e. The number of rotatable bonds is 8. The second-order valence-electron chi connectivity index (χ2n) is 4.62. The van der Waals surface area contributed by atoms with Gasteiger partial charge < -0.3 is 9.47 Å². The third-order valence-corrected chi connectivity index (χ3v) is 3.45. The Hall–Kier alpha value is -1.23. The molecule has 0 aromatic heterocycles. The Labute approximate surface area is 150 Å². The van der Waals surface area contributed by atoms with Gasteiger partial charge in [-0.25, -0.2) is 0 Å². The Morgan fingerprint density at radius 1 is 1.04 bits per heavy atom. The van der Waals surface area contributed by atoms with Crippen LogP contribution in [0.1, 0.15) is 32.6 Å². The Kier molecular flexibility index (Phi) is 9.07. The van der Waals surface area contributed by atoms with Crippen LogP contribution < -0.4 is 4.74 Å². The summed E-state index contributed by atoms with van der Waals surface area (Å²) >= 11 is 17.6. The number of hydrogen-bond acceptors (Lipinski definition) is 4. The van der Waals surface area contributed by atoms with Crippen LogP contribution in [0.25, 0.3) is 0 Å². The van der Waals surface area contributed by atoms with Crippen LogP contribution in [0.3, 0.4) is 0 Å². The van der Waals surface area contributed by atoms with Crippen molar-refractivity contribution in [2.24, 2.45) is 0 Å². The summed E-state index contributed by atoms with van der Waals surface area (Å²) in [4.78, 5) is 23.2. The molecule has 0 saturated heterocycles. The monoisotopic (exact) mass is 378 g/mol. The van der Waals surface area contributed by atoms with Crippen molar-refractivity contribution < 1.29 is 19.1 Å². The van der Waals surface area contributed by atoms with Gasteiger partial charge in [0.05, 0.1) is 22.9 Å². The molecule has 1 aromatic rings. The zero-order chi connectivity index (χ0) is 17.2. The van der Waals surface area contributed by atoms with Gasteiger partial charge in [-0.1, -0.05) is 60.3 Å². The summed E-state index contributed by atoms with van der Waals surface area (Å²) in [6.07, 6.45) is 5.47. The molecule has 0 heterocycles. The SMILES string of the molecule is CCC/C=C\COC(=O)CCC(=O)Oc1c(Cl)cc(Cl)cc1Cl. The second-order valence-corrected chi connectivity index (χ2v) is 5.87. The average Bonchev–Trinajstić information content (AvgIpc) is 2.48. The maximum atomic E-state index is 11.7. The van der Waals surface area contributed by atoms with Crippen molar-refractivity contribution in [3.63, 3.8) is 0 Å². The van der Waals surface area contributed by atoms with Crippen LogP contribution in [0.2, 0.25) is 15.1 Å². The molecule has 0 unspecified atom stereocenters. The molecular weight excluding hydrogens is 363 g/mol. The summed E-state index contributed by atoms with van der Waals surface area (Å²) in [6, 6.07) is 2.82. The predicted octanol–water partition coefficient (Wildman–Crippen LogP) is 5.23. The van der Waals surface area contributed by atoms with E-state index in [1.807, 2.05) is 6.08 Å². The van der Waals surface area contributed by atoms with Crippen molar-refractivity contribution in [2.45, 2.75) is 32.6 Å². The molecule has 0 N–H and O–H groups in total. The summed E-state index contributed by atoms with van der Waals surface area (Å²) in [5.41, 5.74) is 0. The van der Waals surface area contributed by atoms with Gasteiger partial charge in [0.15, 0.2) is 5.75 Å². The van der Waals surface area contributed by atoms with Crippen LogP contribution in [-0.2, 0) is 14.3 Å². The standard InChI is InChI=1S/C16H17Cl3O4/c1-2-3-4-5-8-22-14(20)6-7-15(21)23-16-12(18)9-11(17)10-13(16)19/h4-5,9-10H,2-3,6-8H2,1H3/b5-4-. The predicted molar refractivity (Wildman–Crippen MR) is 91.3 cm³/mol. The van der Waals surface area contributed by atoms with E-state index >= 15 is 0 Å². The number of carbonyl (C=O) groups excluding carboxylic acids is 2. The van der Waals surface area contributed by atoms with Gasteiger partial charge in [0.2, 0.25) is 0 Å². The smallest absolute Gasteiger partial charge is 0.311 e. The van der Waals surface area contributed by atoms with E-state index in [9.17, 15) is 9.59 Å². The Morgan fingerprint density at radius 3 is 2.26 bits per heavy atom. The molecule has 126 valence electrons. The van der Waals surface area contributed by atoms with Gasteiger partial charge in [0, 0.05) is 5.02 Å². The van der Waals surface area contributed by atoms with Crippen molar-refractivity contribution in [1.82, 2.24) is 0 Å². The van der Waals surface area contributed by atoms with E-state index in [2.05, 4.69) is 6.92 Å². The minimum absolute atomic E-state index is 0.0265. The molecule has 0 saturated carbocycles. The van der Waals surface area contributed by atoms with Gasteiger partial charge in [-0.15, -0.1) is 0 Å². The Bertz CT molecular complexity index is 562. The van der Waals surface area contributed by atoms with Crippen molar-refractivity contribution >= 4 is 46.7 Å². The molecule has 0 aliphatic heterocycles. The normalized spacial score (nSPS) is 10.8. The molecule has 23 heavy (non-hydrogen) atoms. The average molecular weight is 380 g/mol. The summed E-state index contributed by atoms with van der Waals surface area (Å²) in [7, 11) is 0. The molecule has 0 atom stereocenters. The van der Waals surface area contributed by atoms with E-state index < -0.39 is 11.9 Å². The lowest BCUT2D eigenvalue weighted by atomic mass is 10.3.